The Bertz CT molecular complexity index is 303. The van der Waals surface area contributed by atoms with Gasteiger partial charge in [-0.3, -0.25) is 0 Å². The van der Waals surface area contributed by atoms with Crippen LogP contribution < -0.4 is 4.74 Å². The largest absolute Gasteiger partial charge is 0.491 e. The van der Waals surface area contributed by atoms with Gasteiger partial charge in [-0.15, -0.1) is 0 Å². The highest BCUT2D eigenvalue weighted by molar-refractivity contribution is 7.99. The van der Waals surface area contributed by atoms with Gasteiger partial charge in [0.2, 0.25) is 0 Å². The second kappa shape index (κ2) is 8.67. The lowest BCUT2D eigenvalue weighted by atomic mass is 10.3. The summed E-state index contributed by atoms with van der Waals surface area (Å²) in [5.41, 5.74) is 0. The second-order valence-corrected chi connectivity index (χ2v) is 5.43. The maximum Gasteiger partial charge on any atom is 0.119 e. The molecule has 1 unspecified atom stereocenters. The summed E-state index contributed by atoms with van der Waals surface area (Å²) in [6, 6.07) is 7.16. The van der Waals surface area contributed by atoms with Crippen LogP contribution in [0.4, 0.5) is 0 Å². The summed E-state index contributed by atoms with van der Waals surface area (Å²) < 4.78 is 5.46. The Morgan fingerprint density at radius 2 is 2.06 bits per heavy atom. The number of benzene rings is 1. The van der Waals surface area contributed by atoms with Gasteiger partial charge >= 0.3 is 0 Å². The summed E-state index contributed by atoms with van der Waals surface area (Å²) in [7, 11) is 0. The Morgan fingerprint density at radius 1 is 1.35 bits per heavy atom. The molecule has 4 heteroatoms. The van der Waals surface area contributed by atoms with Crippen LogP contribution in [0.3, 0.4) is 0 Å². The van der Waals surface area contributed by atoms with Gasteiger partial charge in [-0.25, -0.2) is 0 Å². The van der Waals surface area contributed by atoms with Gasteiger partial charge in [0, 0.05) is 10.8 Å². The fraction of sp³-hybridized carbons (Fsp3) is 0.538. The minimum Gasteiger partial charge on any atom is -0.491 e. The van der Waals surface area contributed by atoms with E-state index >= 15 is 0 Å². The molecule has 0 aliphatic carbocycles. The van der Waals surface area contributed by atoms with Crippen molar-refractivity contribution in [3.8, 4) is 5.75 Å². The summed E-state index contributed by atoms with van der Waals surface area (Å²) in [5, 5.41) is 10.4. The van der Waals surface area contributed by atoms with Gasteiger partial charge in [0.25, 0.3) is 0 Å². The highest BCUT2D eigenvalue weighted by Gasteiger charge is 2.05. The van der Waals surface area contributed by atoms with E-state index in [0.717, 1.165) is 17.3 Å². The first-order valence-corrected chi connectivity index (χ1v) is 7.39. The number of halogens is 1. The number of rotatable bonds is 8. The molecule has 0 saturated carbocycles. The molecule has 0 bridgehead atoms. The topological polar surface area (TPSA) is 29.5 Å². The van der Waals surface area contributed by atoms with Gasteiger partial charge in [0.1, 0.15) is 12.4 Å². The van der Waals surface area contributed by atoms with Crippen molar-refractivity contribution >= 4 is 23.4 Å². The van der Waals surface area contributed by atoms with Crippen molar-refractivity contribution in [2.75, 3.05) is 18.1 Å². The Labute approximate surface area is 112 Å². The Balaban J connectivity index is 2.14. The molecular weight excluding hydrogens is 256 g/mol. The van der Waals surface area contributed by atoms with Crippen molar-refractivity contribution in [1.29, 1.82) is 0 Å². The quantitative estimate of drug-likeness (QED) is 0.735. The summed E-state index contributed by atoms with van der Waals surface area (Å²) in [6.45, 7) is 2.50. The van der Waals surface area contributed by atoms with E-state index in [9.17, 15) is 5.11 Å². The third-order valence-electron chi connectivity index (χ3n) is 2.21. The smallest absolute Gasteiger partial charge is 0.119 e. The average Bonchev–Trinajstić information content (AvgIpc) is 2.34. The minimum atomic E-state index is -0.410. The summed E-state index contributed by atoms with van der Waals surface area (Å²) in [4.78, 5) is 0. The van der Waals surface area contributed by atoms with Crippen molar-refractivity contribution < 1.29 is 9.84 Å². The fourth-order valence-electron chi connectivity index (χ4n) is 1.24. The monoisotopic (exact) mass is 274 g/mol. The van der Waals surface area contributed by atoms with Crippen LogP contribution in [0, 0.1) is 0 Å². The molecule has 1 aromatic rings. The molecular formula is C13H19ClO2S. The third-order valence-corrected chi connectivity index (χ3v) is 3.66. The molecule has 0 saturated heterocycles. The predicted octanol–water partition coefficient (Wildman–Crippen LogP) is 3.61. The van der Waals surface area contributed by atoms with Gasteiger partial charge in [0.15, 0.2) is 0 Å². The van der Waals surface area contributed by atoms with E-state index < -0.39 is 6.10 Å². The number of aliphatic hydroxyl groups excluding tert-OH is 1. The predicted molar refractivity (Wildman–Crippen MR) is 75.2 cm³/mol. The molecule has 0 heterocycles. The van der Waals surface area contributed by atoms with Crippen LogP contribution in [0.2, 0.25) is 5.02 Å². The molecule has 1 N–H and O–H groups in total. The van der Waals surface area contributed by atoms with Crippen LogP contribution in [-0.4, -0.2) is 29.3 Å². The highest BCUT2D eigenvalue weighted by atomic mass is 35.5. The number of unbranched alkanes of at least 4 members (excludes halogenated alkanes) is 1. The zero-order chi connectivity index (χ0) is 12.5. The van der Waals surface area contributed by atoms with E-state index in [-0.39, 0.29) is 0 Å². The summed E-state index contributed by atoms with van der Waals surface area (Å²) in [5.74, 6) is 2.58. The number of aliphatic hydroxyl groups is 1. The molecule has 1 rings (SSSR count). The van der Waals surface area contributed by atoms with Crippen molar-refractivity contribution in [2.45, 2.75) is 25.9 Å². The normalized spacial score (nSPS) is 12.4. The van der Waals surface area contributed by atoms with Crippen LogP contribution >= 0.6 is 23.4 Å². The molecule has 1 aromatic carbocycles. The third kappa shape index (κ3) is 6.81. The maximum atomic E-state index is 9.69. The molecule has 1 atom stereocenters. The molecule has 17 heavy (non-hydrogen) atoms. The average molecular weight is 275 g/mol. The van der Waals surface area contributed by atoms with Gasteiger partial charge in [0.05, 0.1) is 6.10 Å². The lowest BCUT2D eigenvalue weighted by Crippen LogP contribution is -2.20. The van der Waals surface area contributed by atoms with Crippen molar-refractivity contribution in [2.24, 2.45) is 0 Å². The molecule has 0 aliphatic rings. The first-order valence-electron chi connectivity index (χ1n) is 5.86. The van der Waals surface area contributed by atoms with Crippen LogP contribution in [0.25, 0.3) is 0 Å². The zero-order valence-electron chi connectivity index (χ0n) is 10.1. The maximum absolute atomic E-state index is 9.69. The highest BCUT2D eigenvalue weighted by Crippen LogP contribution is 2.16. The van der Waals surface area contributed by atoms with Crippen LogP contribution in [0.5, 0.6) is 5.75 Å². The zero-order valence-corrected chi connectivity index (χ0v) is 11.6. The Kier molecular flexibility index (Phi) is 7.49. The molecule has 0 aromatic heterocycles. The molecule has 0 amide bonds. The minimum absolute atomic E-state index is 0.334. The van der Waals surface area contributed by atoms with Crippen LogP contribution in [0.15, 0.2) is 24.3 Å². The number of hydrogen-bond acceptors (Lipinski definition) is 3. The lowest BCUT2D eigenvalue weighted by Gasteiger charge is -2.12. The summed E-state index contributed by atoms with van der Waals surface area (Å²) >= 11 is 7.54. The van der Waals surface area contributed by atoms with E-state index in [4.69, 9.17) is 16.3 Å². The molecule has 0 aliphatic heterocycles. The Hall–Kier alpha value is -0.380. The lowest BCUT2D eigenvalue weighted by molar-refractivity contribution is 0.126. The van der Waals surface area contributed by atoms with E-state index in [1.807, 2.05) is 0 Å². The van der Waals surface area contributed by atoms with E-state index in [1.165, 1.54) is 12.8 Å². The number of hydrogen-bond donors (Lipinski definition) is 1. The standard InChI is InChI=1S/C13H19ClO2S/c1-2-3-8-17-10-12(15)9-16-13-6-4-11(14)5-7-13/h4-7,12,15H,2-3,8-10H2,1H3. The molecule has 0 spiro atoms. The van der Waals surface area contributed by atoms with Crippen LogP contribution in [-0.2, 0) is 0 Å². The van der Waals surface area contributed by atoms with E-state index in [1.54, 1.807) is 36.0 Å². The van der Waals surface area contributed by atoms with Gasteiger partial charge < -0.3 is 9.84 Å². The van der Waals surface area contributed by atoms with Gasteiger partial charge in [-0.2, -0.15) is 11.8 Å². The SMILES string of the molecule is CCCCSCC(O)COc1ccc(Cl)cc1. The van der Waals surface area contributed by atoms with Crippen molar-refractivity contribution in [3.05, 3.63) is 29.3 Å². The van der Waals surface area contributed by atoms with Crippen molar-refractivity contribution in [3.63, 3.8) is 0 Å². The van der Waals surface area contributed by atoms with Crippen molar-refractivity contribution in [1.82, 2.24) is 0 Å². The molecule has 0 radical (unpaired) electrons. The second-order valence-electron chi connectivity index (χ2n) is 3.85. The number of thioether (sulfide) groups is 1. The fourth-order valence-corrected chi connectivity index (χ4v) is 2.39. The molecule has 96 valence electrons. The Morgan fingerprint density at radius 3 is 2.71 bits per heavy atom. The number of ether oxygens (including phenoxy) is 1. The van der Waals surface area contributed by atoms with E-state index in [0.29, 0.717) is 11.6 Å². The van der Waals surface area contributed by atoms with Gasteiger partial charge in [-0.1, -0.05) is 24.9 Å². The molecule has 0 fully saturated rings. The summed E-state index contributed by atoms with van der Waals surface area (Å²) in [6.07, 6.45) is 1.99. The molecule has 2 nitrogen and oxygen atoms in total. The first-order chi connectivity index (χ1) is 8.22. The van der Waals surface area contributed by atoms with Gasteiger partial charge in [-0.05, 0) is 36.4 Å². The van der Waals surface area contributed by atoms with E-state index in [2.05, 4.69) is 6.92 Å². The first kappa shape index (κ1) is 14.7. The van der Waals surface area contributed by atoms with Crippen LogP contribution in [0.1, 0.15) is 19.8 Å².